The van der Waals surface area contributed by atoms with Crippen molar-refractivity contribution in [2.75, 3.05) is 11.4 Å². The molecule has 1 amide bonds. The van der Waals surface area contributed by atoms with Crippen LogP contribution in [0.4, 0.5) is 5.69 Å². The predicted molar refractivity (Wildman–Crippen MR) is 75.8 cm³/mol. The van der Waals surface area contributed by atoms with Crippen molar-refractivity contribution in [2.24, 2.45) is 17.3 Å². The molecule has 0 unspecified atom stereocenters. The number of carbonyl (C=O) groups excluding carboxylic acids is 1. The second-order valence-corrected chi connectivity index (χ2v) is 6.14. The Morgan fingerprint density at radius 1 is 1.16 bits per heavy atom. The molecule has 0 bridgehead atoms. The van der Waals surface area contributed by atoms with E-state index in [9.17, 15) is 4.79 Å². The van der Waals surface area contributed by atoms with Crippen molar-refractivity contribution in [3.05, 3.63) is 42.5 Å². The van der Waals surface area contributed by atoms with Crippen LogP contribution in [0.25, 0.3) is 0 Å². The molecule has 3 aliphatic rings. The average Bonchev–Trinajstić information content (AvgIpc) is 2.96. The van der Waals surface area contributed by atoms with E-state index in [0.717, 1.165) is 25.1 Å². The molecule has 98 valence electrons. The van der Waals surface area contributed by atoms with Crippen LogP contribution in [-0.2, 0) is 4.79 Å². The molecule has 1 heterocycles. The quantitative estimate of drug-likeness (QED) is 0.702. The average molecular weight is 253 g/mol. The first-order chi connectivity index (χ1) is 9.32. The van der Waals surface area contributed by atoms with E-state index in [1.807, 2.05) is 23.1 Å². The van der Waals surface area contributed by atoms with Gasteiger partial charge >= 0.3 is 0 Å². The van der Waals surface area contributed by atoms with Crippen LogP contribution in [0.2, 0.25) is 0 Å². The van der Waals surface area contributed by atoms with Gasteiger partial charge in [0, 0.05) is 12.2 Å². The van der Waals surface area contributed by atoms with Gasteiger partial charge in [0.25, 0.3) is 0 Å². The van der Waals surface area contributed by atoms with Gasteiger partial charge in [0.1, 0.15) is 0 Å². The van der Waals surface area contributed by atoms with Crippen molar-refractivity contribution >= 4 is 11.6 Å². The number of carbonyl (C=O) groups is 1. The predicted octanol–water partition coefficient (Wildman–Crippen LogP) is 3.40. The molecule has 19 heavy (non-hydrogen) atoms. The molecular weight excluding hydrogens is 234 g/mol. The van der Waals surface area contributed by atoms with Crippen molar-refractivity contribution in [2.45, 2.75) is 25.7 Å². The van der Waals surface area contributed by atoms with E-state index >= 15 is 0 Å². The van der Waals surface area contributed by atoms with E-state index in [2.05, 4.69) is 24.3 Å². The third-order valence-corrected chi connectivity index (χ3v) is 5.42. The molecule has 1 aliphatic heterocycles. The number of nitrogens with zero attached hydrogens (tertiary/aromatic N) is 1. The van der Waals surface area contributed by atoms with E-state index < -0.39 is 0 Å². The summed E-state index contributed by atoms with van der Waals surface area (Å²) in [6, 6.07) is 10.2. The third-order valence-electron chi connectivity index (χ3n) is 5.42. The number of para-hydroxylation sites is 1. The molecule has 2 nitrogen and oxygen atoms in total. The lowest BCUT2D eigenvalue weighted by Crippen LogP contribution is -2.40. The number of allylic oxidation sites excluding steroid dienone is 2. The minimum Gasteiger partial charge on any atom is -0.312 e. The zero-order valence-electron chi connectivity index (χ0n) is 11.1. The molecule has 1 spiro atoms. The SMILES string of the molecule is O=C1N(c2ccccc2)C[C@H]2CC[C@@H]3C=CCC[C@]123. The fraction of sp³-hybridized carbons (Fsp3) is 0.471. The maximum absolute atomic E-state index is 13.0. The van der Waals surface area contributed by atoms with E-state index in [1.54, 1.807) is 0 Å². The maximum Gasteiger partial charge on any atom is 0.234 e. The highest BCUT2D eigenvalue weighted by molar-refractivity contribution is 6.01. The Morgan fingerprint density at radius 3 is 2.84 bits per heavy atom. The van der Waals surface area contributed by atoms with Crippen LogP contribution in [0.15, 0.2) is 42.5 Å². The molecule has 1 saturated heterocycles. The van der Waals surface area contributed by atoms with Crippen LogP contribution in [0.3, 0.4) is 0 Å². The lowest BCUT2D eigenvalue weighted by Gasteiger charge is -2.34. The number of anilines is 1. The first-order valence-electron chi connectivity index (χ1n) is 7.36. The van der Waals surface area contributed by atoms with Crippen LogP contribution in [0.1, 0.15) is 25.7 Å². The van der Waals surface area contributed by atoms with Gasteiger partial charge in [-0.1, -0.05) is 30.4 Å². The van der Waals surface area contributed by atoms with Gasteiger partial charge in [-0.15, -0.1) is 0 Å². The van der Waals surface area contributed by atoms with E-state index in [4.69, 9.17) is 0 Å². The lowest BCUT2D eigenvalue weighted by molar-refractivity contribution is -0.128. The minimum absolute atomic E-state index is 0.0649. The molecule has 2 aliphatic carbocycles. The highest BCUT2D eigenvalue weighted by Gasteiger charge is 2.60. The van der Waals surface area contributed by atoms with Crippen molar-refractivity contribution in [1.29, 1.82) is 0 Å². The molecule has 2 fully saturated rings. The van der Waals surface area contributed by atoms with Gasteiger partial charge < -0.3 is 4.90 Å². The normalized spacial score (nSPS) is 36.4. The van der Waals surface area contributed by atoms with Crippen molar-refractivity contribution in [1.82, 2.24) is 0 Å². The Labute approximate surface area is 114 Å². The highest BCUT2D eigenvalue weighted by atomic mass is 16.2. The smallest absolute Gasteiger partial charge is 0.234 e. The number of benzene rings is 1. The summed E-state index contributed by atoms with van der Waals surface area (Å²) in [6.07, 6.45) is 9.13. The summed E-state index contributed by atoms with van der Waals surface area (Å²) < 4.78 is 0. The van der Waals surface area contributed by atoms with Gasteiger partial charge in [-0.05, 0) is 49.7 Å². The van der Waals surface area contributed by atoms with Gasteiger partial charge in [0.2, 0.25) is 5.91 Å². The Kier molecular flexibility index (Phi) is 2.35. The topological polar surface area (TPSA) is 20.3 Å². The molecule has 3 atom stereocenters. The van der Waals surface area contributed by atoms with Crippen LogP contribution in [-0.4, -0.2) is 12.5 Å². The molecule has 2 heteroatoms. The van der Waals surface area contributed by atoms with Gasteiger partial charge in [0.15, 0.2) is 0 Å². The third kappa shape index (κ3) is 1.40. The summed E-state index contributed by atoms with van der Waals surface area (Å²) in [5.41, 5.74) is 1.01. The van der Waals surface area contributed by atoms with E-state index in [0.29, 0.717) is 17.7 Å². The zero-order chi connectivity index (χ0) is 12.9. The molecule has 1 aromatic carbocycles. The molecular formula is C17H19NO. The van der Waals surface area contributed by atoms with E-state index in [-0.39, 0.29) is 5.41 Å². The van der Waals surface area contributed by atoms with Crippen molar-refractivity contribution in [3.8, 4) is 0 Å². The summed E-state index contributed by atoms with van der Waals surface area (Å²) in [5, 5.41) is 0. The van der Waals surface area contributed by atoms with Gasteiger partial charge in [-0.3, -0.25) is 4.79 Å². The molecule has 0 radical (unpaired) electrons. The first-order valence-corrected chi connectivity index (χ1v) is 7.36. The minimum atomic E-state index is -0.0649. The van der Waals surface area contributed by atoms with Crippen LogP contribution < -0.4 is 4.90 Å². The maximum atomic E-state index is 13.0. The highest BCUT2D eigenvalue weighted by Crippen LogP contribution is 2.58. The van der Waals surface area contributed by atoms with Crippen LogP contribution in [0, 0.1) is 17.3 Å². The van der Waals surface area contributed by atoms with Crippen molar-refractivity contribution < 1.29 is 4.79 Å². The van der Waals surface area contributed by atoms with Gasteiger partial charge in [-0.25, -0.2) is 0 Å². The van der Waals surface area contributed by atoms with Crippen molar-refractivity contribution in [3.63, 3.8) is 0 Å². The van der Waals surface area contributed by atoms with Gasteiger partial charge in [-0.2, -0.15) is 0 Å². The number of hydrogen-bond donors (Lipinski definition) is 0. The summed E-state index contributed by atoms with van der Waals surface area (Å²) in [4.78, 5) is 15.1. The Hall–Kier alpha value is -1.57. The monoisotopic (exact) mass is 253 g/mol. The van der Waals surface area contributed by atoms with Crippen LogP contribution >= 0.6 is 0 Å². The molecule has 4 rings (SSSR count). The number of hydrogen-bond acceptors (Lipinski definition) is 1. The number of rotatable bonds is 1. The fourth-order valence-electron chi connectivity index (χ4n) is 4.52. The second kappa shape index (κ2) is 3.96. The summed E-state index contributed by atoms with van der Waals surface area (Å²) in [5.74, 6) is 1.44. The lowest BCUT2D eigenvalue weighted by atomic mass is 9.68. The van der Waals surface area contributed by atoms with Gasteiger partial charge in [0.05, 0.1) is 5.41 Å². The molecule has 0 N–H and O–H groups in total. The summed E-state index contributed by atoms with van der Waals surface area (Å²) in [7, 11) is 0. The van der Waals surface area contributed by atoms with Crippen LogP contribution in [0.5, 0.6) is 0 Å². The molecule has 0 aromatic heterocycles. The zero-order valence-corrected chi connectivity index (χ0v) is 11.1. The first kappa shape index (κ1) is 11.3. The summed E-state index contributed by atoms with van der Waals surface area (Å²) >= 11 is 0. The Morgan fingerprint density at radius 2 is 2.00 bits per heavy atom. The number of amides is 1. The Balaban J connectivity index is 1.74. The largest absolute Gasteiger partial charge is 0.312 e. The van der Waals surface area contributed by atoms with E-state index in [1.165, 1.54) is 12.8 Å². The second-order valence-electron chi connectivity index (χ2n) is 6.14. The standard InChI is InChI=1S/C17H19NO/c19-16-17-11-5-4-6-13(17)9-10-14(17)12-18(16)15-7-2-1-3-8-15/h1-4,6-8,13-14H,5,9-12H2/t13-,14+,17+/m0/s1. The molecule has 1 aromatic rings. The fourth-order valence-corrected chi connectivity index (χ4v) is 4.52. The summed E-state index contributed by atoms with van der Waals surface area (Å²) in [6.45, 7) is 0.924. The molecule has 1 saturated carbocycles. The Bertz CT molecular complexity index is 535.